The van der Waals surface area contributed by atoms with Crippen molar-refractivity contribution in [1.29, 1.82) is 0 Å². The van der Waals surface area contributed by atoms with Crippen molar-refractivity contribution in [3.63, 3.8) is 0 Å². The van der Waals surface area contributed by atoms with Gasteiger partial charge < -0.3 is 9.47 Å². The van der Waals surface area contributed by atoms with Crippen molar-refractivity contribution < 1.29 is 9.47 Å². The van der Waals surface area contributed by atoms with Crippen LogP contribution >= 0.6 is 0 Å². The summed E-state index contributed by atoms with van der Waals surface area (Å²) < 4.78 is 10.4. The predicted octanol–water partition coefficient (Wildman–Crippen LogP) is 3.25. The average molecular weight is 218 g/mol. The topological polar surface area (TPSA) is 18.5 Å². The van der Waals surface area contributed by atoms with Crippen LogP contribution in [0.3, 0.4) is 0 Å². The van der Waals surface area contributed by atoms with Crippen LogP contribution in [0.2, 0.25) is 0 Å². The molecule has 0 aliphatic carbocycles. The molecule has 0 spiro atoms. The normalized spacial score (nSPS) is 9.19. The van der Waals surface area contributed by atoms with Crippen molar-refractivity contribution in [2.45, 2.75) is 26.2 Å². The molecular formula is C14H18O2. The van der Waals surface area contributed by atoms with Gasteiger partial charge in [0.25, 0.3) is 0 Å². The highest BCUT2D eigenvalue weighted by Crippen LogP contribution is 2.27. The Morgan fingerprint density at radius 3 is 2.50 bits per heavy atom. The van der Waals surface area contributed by atoms with E-state index in [0.717, 1.165) is 29.9 Å². The summed E-state index contributed by atoms with van der Waals surface area (Å²) in [5.41, 5.74) is 0.966. The summed E-state index contributed by atoms with van der Waals surface area (Å²) in [7, 11) is 3.26. The lowest BCUT2D eigenvalue weighted by atomic mass is 10.2. The molecule has 2 nitrogen and oxygen atoms in total. The van der Waals surface area contributed by atoms with Gasteiger partial charge in [0.05, 0.1) is 14.2 Å². The summed E-state index contributed by atoms with van der Waals surface area (Å²) in [4.78, 5) is 0. The third kappa shape index (κ3) is 3.51. The highest BCUT2D eigenvalue weighted by Gasteiger charge is 2.02. The standard InChI is InChI=1S/C14H18O2/c1-4-5-6-7-8-12-9-10-13(15-2)14(11-12)16-3/h9-11H,4-6H2,1-3H3. The number of methoxy groups -OCH3 is 2. The van der Waals surface area contributed by atoms with Crippen LogP contribution in [-0.4, -0.2) is 14.2 Å². The van der Waals surface area contributed by atoms with Crippen LogP contribution in [0.1, 0.15) is 31.7 Å². The Hall–Kier alpha value is -1.62. The Morgan fingerprint density at radius 2 is 1.88 bits per heavy atom. The lowest BCUT2D eigenvalue weighted by molar-refractivity contribution is 0.355. The van der Waals surface area contributed by atoms with Crippen molar-refractivity contribution in [3.8, 4) is 23.3 Å². The quantitative estimate of drug-likeness (QED) is 0.570. The van der Waals surface area contributed by atoms with E-state index in [1.807, 2.05) is 18.2 Å². The SMILES string of the molecule is CCCCC#Cc1ccc(OC)c(OC)c1. The Kier molecular flexibility index (Phi) is 5.28. The molecule has 0 atom stereocenters. The lowest BCUT2D eigenvalue weighted by Gasteiger charge is -2.06. The third-order valence-electron chi connectivity index (χ3n) is 2.27. The minimum Gasteiger partial charge on any atom is -0.493 e. The Bertz CT molecular complexity index is 385. The van der Waals surface area contributed by atoms with Crippen LogP contribution in [0.4, 0.5) is 0 Å². The molecule has 0 bridgehead atoms. The summed E-state index contributed by atoms with van der Waals surface area (Å²) in [6.07, 6.45) is 3.28. The third-order valence-corrected chi connectivity index (χ3v) is 2.27. The first-order chi connectivity index (χ1) is 7.81. The molecule has 1 aromatic carbocycles. The monoisotopic (exact) mass is 218 g/mol. The fourth-order valence-electron chi connectivity index (χ4n) is 1.34. The molecule has 86 valence electrons. The molecule has 0 saturated carbocycles. The van der Waals surface area contributed by atoms with Crippen molar-refractivity contribution in [1.82, 2.24) is 0 Å². The Labute approximate surface area is 97.6 Å². The minimum atomic E-state index is 0.727. The molecule has 16 heavy (non-hydrogen) atoms. The average Bonchev–Trinajstić information content (AvgIpc) is 2.34. The zero-order chi connectivity index (χ0) is 11.8. The zero-order valence-corrected chi connectivity index (χ0v) is 10.2. The minimum absolute atomic E-state index is 0.727. The van der Waals surface area contributed by atoms with Crippen LogP contribution < -0.4 is 9.47 Å². The second kappa shape index (κ2) is 6.79. The number of unbranched alkanes of at least 4 members (excludes halogenated alkanes) is 2. The van der Waals surface area contributed by atoms with Crippen LogP contribution in [0.25, 0.3) is 0 Å². The number of rotatable bonds is 4. The summed E-state index contributed by atoms with van der Waals surface area (Å²) >= 11 is 0. The maximum Gasteiger partial charge on any atom is 0.161 e. The van der Waals surface area contributed by atoms with E-state index in [0.29, 0.717) is 0 Å². The second-order valence-corrected chi connectivity index (χ2v) is 3.48. The molecule has 0 amide bonds. The van der Waals surface area contributed by atoms with E-state index >= 15 is 0 Å². The van der Waals surface area contributed by atoms with Gasteiger partial charge in [-0.1, -0.05) is 25.2 Å². The highest BCUT2D eigenvalue weighted by atomic mass is 16.5. The van der Waals surface area contributed by atoms with Gasteiger partial charge >= 0.3 is 0 Å². The molecular weight excluding hydrogens is 200 g/mol. The van der Waals surface area contributed by atoms with Gasteiger partial charge in [0, 0.05) is 12.0 Å². The molecule has 0 aliphatic heterocycles. The molecule has 0 N–H and O–H groups in total. The molecule has 0 heterocycles. The van der Waals surface area contributed by atoms with Crippen molar-refractivity contribution in [2.75, 3.05) is 14.2 Å². The van der Waals surface area contributed by atoms with Crippen LogP contribution in [0.5, 0.6) is 11.5 Å². The zero-order valence-electron chi connectivity index (χ0n) is 10.2. The van der Waals surface area contributed by atoms with Gasteiger partial charge in [-0.25, -0.2) is 0 Å². The number of benzene rings is 1. The van der Waals surface area contributed by atoms with E-state index in [1.54, 1.807) is 14.2 Å². The summed E-state index contributed by atoms with van der Waals surface area (Å²) in [5, 5.41) is 0. The Balaban J connectivity index is 2.77. The fourth-order valence-corrected chi connectivity index (χ4v) is 1.34. The van der Waals surface area contributed by atoms with Gasteiger partial charge in [-0.05, 0) is 24.6 Å². The van der Waals surface area contributed by atoms with Crippen LogP contribution in [0, 0.1) is 11.8 Å². The van der Waals surface area contributed by atoms with Crippen LogP contribution in [-0.2, 0) is 0 Å². The van der Waals surface area contributed by atoms with Crippen molar-refractivity contribution in [3.05, 3.63) is 23.8 Å². The summed E-state index contributed by atoms with van der Waals surface area (Å²) in [6, 6.07) is 5.72. The first-order valence-electron chi connectivity index (χ1n) is 5.52. The molecule has 0 aliphatic rings. The van der Waals surface area contributed by atoms with Crippen molar-refractivity contribution in [2.24, 2.45) is 0 Å². The highest BCUT2D eigenvalue weighted by molar-refractivity contribution is 5.48. The number of ether oxygens (including phenoxy) is 2. The van der Waals surface area contributed by atoms with E-state index in [9.17, 15) is 0 Å². The molecule has 0 saturated heterocycles. The molecule has 1 aromatic rings. The van der Waals surface area contributed by atoms with Gasteiger partial charge in [0.1, 0.15) is 0 Å². The Morgan fingerprint density at radius 1 is 1.12 bits per heavy atom. The van der Waals surface area contributed by atoms with E-state index in [1.165, 1.54) is 6.42 Å². The van der Waals surface area contributed by atoms with Crippen molar-refractivity contribution >= 4 is 0 Å². The van der Waals surface area contributed by atoms with E-state index in [4.69, 9.17) is 9.47 Å². The largest absolute Gasteiger partial charge is 0.493 e. The maximum atomic E-state index is 5.21. The molecule has 0 radical (unpaired) electrons. The fraction of sp³-hybridized carbons (Fsp3) is 0.429. The summed E-state index contributed by atoms with van der Waals surface area (Å²) in [5.74, 6) is 7.73. The van der Waals surface area contributed by atoms with Gasteiger partial charge in [0.15, 0.2) is 11.5 Å². The van der Waals surface area contributed by atoms with Gasteiger partial charge in [0.2, 0.25) is 0 Å². The smallest absolute Gasteiger partial charge is 0.161 e. The van der Waals surface area contributed by atoms with Gasteiger partial charge in [-0.3, -0.25) is 0 Å². The predicted molar refractivity (Wildman–Crippen MR) is 65.9 cm³/mol. The maximum absolute atomic E-state index is 5.21. The van der Waals surface area contributed by atoms with Crippen LogP contribution in [0.15, 0.2) is 18.2 Å². The van der Waals surface area contributed by atoms with E-state index in [2.05, 4.69) is 18.8 Å². The first-order valence-corrected chi connectivity index (χ1v) is 5.52. The molecule has 0 fully saturated rings. The van der Waals surface area contributed by atoms with E-state index in [-0.39, 0.29) is 0 Å². The second-order valence-electron chi connectivity index (χ2n) is 3.48. The first kappa shape index (κ1) is 12.4. The van der Waals surface area contributed by atoms with Gasteiger partial charge in [-0.15, -0.1) is 0 Å². The lowest BCUT2D eigenvalue weighted by Crippen LogP contribution is -1.90. The van der Waals surface area contributed by atoms with E-state index < -0.39 is 0 Å². The summed E-state index contributed by atoms with van der Waals surface area (Å²) in [6.45, 7) is 2.16. The molecule has 0 unspecified atom stereocenters. The number of hydrogen-bond donors (Lipinski definition) is 0. The molecule has 0 aromatic heterocycles. The molecule has 1 rings (SSSR count). The molecule has 2 heteroatoms. The van der Waals surface area contributed by atoms with Gasteiger partial charge in [-0.2, -0.15) is 0 Å². The number of hydrogen-bond acceptors (Lipinski definition) is 2.